The van der Waals surface area contributed by atoms with Gasteiger partial charge >= 0.3 is 0 Å². The second-order valence-electron chi connectivity index (χ2n) is 6.37. The molecule has 2 aliphatic carbocycles. The van der Waals surface area contributed by atoms with E-state index in [9.17, 15) is 4.79 Å². The van der Waals surface area contributed by atoms with E-state index >= 15 is 0 Å². The molecule has 2 nitrogen and oxygen atoms in total. The number of carbonyl (C=O) groups excluding carboxylic acids is 1. The lowest BCUT2D eigenvalue weighted by atomic mass is 10.1. The molecule has 0 amide bonds. The van der Waals surface area contributed by atoms with Crippen molar-refractivity contribution in [3.8, 4) is 0 Å². The van der Waals surface area contributed by atoms with Crippen LogP contribution in [0.5, 0.6) is 0 Å². The van der Waals surface area contributed by atoms with Gasteiger partial charge in [-0.25, -0.2) is 0 Å². The van der Waals surface area contributed by atoms with E-state index in [2.05, 4.69) is 4.90 Å². The Bertz CT molecular complexity index is 446. The fourth-order valence-electron chi connectivity index (χ4n) is 2.65. The van der Waals surface area contributed by atoms with Crippen LogP contribution in [0.4, 0.5) is 0 Å². The number of nitrogens with zero attached hydrogens (tertiary/aromatic N) is 1. The summed E-state index contributed by atoms with van der Waals surface area (Å²) in [4.78, 5) is 14.8. The molecule has 2 saturated carbocycles. The molecule has 1 aromatic carbocycles. The molecule has 0 aliphatic heterocycles. The summed E-state index contributed by atoms with van der Waals surface area (Å²) in [5.41, 5.74) is 2.04. The smallest absolute Gasteiger partial charge is 0.176 e. The molecule has 0 unspecified atom stereocenters. The highest BCUT2D eigenvalue weighted by Gasteiger charge is 2.30. The van der Waals surface area contributed by atoms with Gasteiger partial charge in [0.05, 0.1) is 6.54 Å². The molecule has 2 aliphatic rings. The minimum absolute atomic E-state index is 0.282. The van der Waals surface area contributed by atoms with Crippen LogP contribution >= 0.6 is 0 Å². The SMILES string of the molecule is Cc1cccc(C(=O)CN(CC2CC2)CC2CC2)c1. The van der Waals surface area contributed by atoms with Crippen LogP contribution in [0.15, 0.2) is 24.3 Å². The number of hydrogen-bond donors (Lipinski definition) is 0. The Kier molecular flexibility index (Phi) is 3.69. The van der Waals surface area contributed by atoms with Crippen molar-refractivity contribution in [2.45, 2.75) is 32.6 Å². The Morgan fingerprint density at radius 1 is 1.16 bits per heavy atom. The van der Waals surface area contributed by atoms with Crippen LogP contribution in [0.1, 0.15) is 41.6 Å². The first-order valence-electron chi connectivity index (χ1n) is 7.53. The number of ketones is 1. The van der Waals surface area contributed by atoms with Gasteiger partial charge < -0.3 is 0 Å². The van der Waals surface area contributed by atoms with Crippen LogP contribution in [0.25, 0.3) is 0 Å². The highest BCUT2D eigenvalue weighted by molar-refractivity contribution is 5.97. The summed E-state index contributed by atoms with van der Waals surface area (Å²) in [6.07, 6.45) is 5.44. The third kappa shape index (κ3) is 3.90. The van der Waals surface area contributed by atoms with Crippen molar-refractivity contribution in [2.75, 3.05) is 19.6 Å². The van der Waals surface area contributed by atoms with Crippen LogP contribution in [0.2, 0.25) is 0 Å². The molecule has 0 aromatic heterocycles. The summed E-state index contributed by atoms with van der Waals surface area (Å²) in [5, 5.41) is 0. The van der Waals surface area contributed by atoms with Crippen molar-refractivity contribution in [2.24, 2.45) is 11.8 Å². The first-order valence-corrected chi connectivity index (χ1v) is 7.53. The number of rotatable bonds is 7. The Morgan fingerprint density at radius 3 is 2.32 bits per heavy atom. The van der Waals surface area contributed by atoms with E-state index in [0.29, 0.717) is 6.54 Å². The standard InChI is InChI=1S/C17H23NO/c1-13-3-2-4-16(9-13)17(19)12-18(10-14-5-6-14)11-15-7-8-15/h2-4,9,14-15H,5-8,10-12H2,1H3. The summed E-state index contributed by atoms with van der Waals surface area (Å²) in [7, 11) is 0. The molecule has 2 heteroatoms. The maximum Gasteiger partial charge on any atom is 0.176 e. The molecular formula is C17H23NO. The highest BCUT2D eigenvalue weighted by Crippen LogP contribution is 2.33. The molecule has 0 radical (unpaired) electrons. The summed E-state index contributed by atoms with van der Waals surface area (Å²) >= 11 is 0. The van der Waals surface area contributed by atoms with Crippen LogP contribution < -0.4 is 0 Å². The Hall–Kier alpha value is -1.15. The minimum atomic E-state index is 0.282. The maximum atomic E-state index is 12.4. The summed E-state index contributed by atoms with van der Waals surface area (Å²) in [6.45, 7) is 4.92. The van der Waals surface area contributed by atoms with E-state index in [-0.39, 0.29) is 5.78 Å². The van der Waals surface area contributed by atoms with Gasteiger partial charge in [-0.2, -0.15) is 0 Å². The van der Waals surface area contributed by atoms with E-state index in [1.165, 1.54) is 31.2 Å². The average Bonchev–Trinajstić information content (AvgIpc) is 3.25. The third-order valence-electron chi connectivity index (χ3n) is 4.13. The zero-order valence-corrected chi connectivity index (χ0v) is 11.8. The van der Waals surface area contributed by atoms with E-state index in [1.807, 2.05) is 31.2 Å². The topological polar surface area (TPSA) is 20.3 Å². The molecule has 0 heterocycles. The largest absolute Gasteiger partial charge is 0.295 e. The van der Waals surface area contributed by atoms with Crippen molar-refractivity contribution >= 4 is 5.78 Å². The van der Waals surface area contributed by atoms with Gasteiger partial charge in [-0.15, -0.1) is 0 Å². The molecule has 0 saturated heterocycles. The number of carbonyl (C=O) groups is 1. The molecule has 0 bridgehead atoms. The van der Waals surface area contributed by atoms with E-state index in [0.717, 1.165) is 30.5 Å². The van der Waals surface area contributed by atoms with Gasteiger partial charge in [0.1, 0.15) is 0 Å². The van der Waals surface area contributed by atoms with Crippen LogP contribution in [0.3, 0.4) is 0 Å². The molecule has 3 rings (SSSR count). The average molecular weight is 257 g/mol. The molecule has 19 heavy (non-hydrogen) atoms. The summed E-state index contributed by atoms with van der Waals surface area (Å²) in [5.74, 6) is 2.01. The monoisotopic (exact) mass is 257 g/mol. The Morgan fingerprint density at radius 2 is 1.79 bits per heavy atom. The quantitative estimate of drug-likeness (QED) is 0.699. The fraction of sp³-hybridized carbons (Fsp3) is 0.588. The van der Waals surface area contributed by atoms with Crippen molar-refractivity contribution in [1.82, 2.24) is 4.90 Å². The lowest BCUT2D eigenvalue weighted by Gasteiger charge is -2.21. The van der Waals surface area contributed by atoms with Crippen molar-refractivity contribution in [1.29, 1.82) is 0 Å². The second kappa shape index (κ2) is 5.46. The Balaban J connectivity index is 1.60. The number of Topliss-reactive ketones (excluding diaryl/α,β-unsaturated/α-hetero) is 1. The van der Waals surface area contributed by atoms with Gasteiger partial charge in [0.2, 0.25) is 0 Å². The van der Waals surface area contributed by atoms with Crippen LogP contribution in [-0.2, 0) is 0 Å². The third-order valence-corrected chi connectivity index (χ3v) is 4.13. The predicted molar refractivity (Wildman–Crippen MR) is 77.4 cm³/mol. The minimum Gasteiger partial charge on any atom is -0.295 e. The van der Waals surface area contributed by atoms with E-state index in [4.69, 9.17) is 0 Å². The van der Waals surface area contributed by atoms with Gasteiger partial charge in [0.25, 0.3) is 0 Å². The maximum absolute atomic E-state index is 12.4. The molecule has 0 atom stereocenters. The van der Waals surface area contributed by atoms with E-state index < -0.39 is 0 Å². The van der Waals surface area contributed by atoms with Gasteiger partial charge in [0, 0.05) is 18.7 Å². The molecule has 1 aromatic rings. The first-order chi connectivity index (χ1) is 9.20. The van der Waals surface area contributed by atoms with E-state index in [1.54, 1.807) is 0 Å². The molecule has 102 valence electrons. The molecular weight excluding hydrogens is 234 g/mol. The van der Waals surface area contributed by atoms with Crippen LogP contribution in [0, 0.1) is 18.8 Å². The van der Waals surface area contributed by atoms with Crippen LogP contribution in [-0.4, -0.2) is 30.3 Å². The first kappa shape index (κ1) is 12.9. The normalized spacial score (nSPS) is 18.8. The van der Waals surface area contributed by atoms with Crippen molar-refractivity contribution < 1.29 is 4.79 Å². The van der Waals surface area contributed by atoms with Crippen molar-refractivity contribution in [3.05, 3.63) is 35.4 Å². The summed E-state index contributed by atoms with van der Waals surface area (Å²) in [6, 6.07) is 7.98. The fourth-order valence-corrected chi connectivity index (χ4v) is 2.65. The predicted octanol–water partition coefficient (Wildman–Crippen LogP) is 3.30. The van der Waals surface area contributed by atoms with Gasteiger partial charge in [-0.05, 0) is 50.5 Å². The number of benzene rings is 1. The summed E-state index contributed by atoms with van der Waals surface area (Å²) < 4.78 is 0. The lowest BCUT2D eigenvalue weighted by molar-refractivity contribution is 0.0923. The van der Waals surface area contributed by atoms with Crippen molar-refractivity contribution in [3.63, 3.8) is 0 Å². The van der Waals surface area contributed by atoms with Gasteiger partial charge in [0.15, 0.2) is 5.78 Å². The lowest BCUT2D eigenvalue weighted by Crippen LogP contribution is -2.33. The number of hydrogen-bond acceptors (Lipinski definition) is 2. The molecule has 2 fully saturated rings. The zero-order valence-electron chi connectivity index (χ0n) is 11.8. The van der Waals surface area contributed by atoms with Gasteiger partial charge in [-0.3, -0.25) is 9.69 Å². The second-order valence-corrected chi connectivity index (χ2v) is 6.37. The molecule has 0 spiro atoms. The zero-order chi connectivity index (χ0) is 13.2. The highest BCUT2D eigenvalue weighted by atomic mass is 16.1. The molecule has 0 N–H and O–H groups in total. The van der Waals surface area contributed by atoms with Gasteiger partial charge in [-0.1, -0.05) is 23.8 Å². The number of aryl methyl sites for hydroxylation is 1. The Labute approximate surface area is 115 Å².